The molecular weight excluding hydrogens is 226 g/mol. The van der Waals surface area contributed by atoms with Crippen molar-refractivity contribution < 1.29 is 9.53 Å². The normalized spacial score (nSPS) is 15.7. The maximum atomic E-state index is 11.2. The third-order valence-corrected chi connectivity index (χ3v) is 3.68. The van der Waals surface area contributed by atoms with E-state index in [0.29, 0.717) is 11.8 Å². The summed E-state index contributed by atoms with van der Waals surface area (Å²) in [6.45, 7) is 7.62. The Morgan fingerprint density at radius 1 is 1.39 bits per heavy atom. The minimum Gasteiger partial charge on any atom is -0.496 e. The van der Waals surface area contributed by atoms with Gasteiger partial charge in [0.1, 0.15) is 5.75 Å². The van der Waals surface area contributed by atoms with Crippen molar-refractivity contribution in [3.63, 3.8) is 0 Å². The van der Waals surface area contributed by atoms with Gasteiger partial charge in [0.2, 0.25) is 5.91 Å². The Labute approximate surface area is 109 Å². The number of amides is 1. The molecule has 0 bridgehead atoms. The van der Waals surface area contributed by atoms with E-state index in [9.17, 15) is 4.79 Å². The fraction of sp³-hybridized carbons (Fsp3) is 0.533. The van der Waals surface area contributed by atoms with E-state index < -0.39 is 0 Å². The first kappa shape index (κ1) is 12.9. The second kappa shape index (κ2) is 5.01. The number of carbonyl (C=O) groups excluding carboxylic acids is 1. The zero-order valence-corrected chi connectivity index (χ0v) is 11.6. The highest BCUT2D eigenvalue weighted by Crippen LogP contribution is 2.33. The third kappa shape index (κ3) is 2.35. The molecule has 1 aliphatic heterocycles. The van der Waals surface area contributed by atoms with Gasteiger partial charge in [-0.05, 0) is 23.1 Å². The molecule has 0 aromatic heterocycles. The Morgan fingerprint density at radius 2 is 2.06 bits per heavy atom. The summed E-state index contributed by atoms with van der Waals surface area (Å²) in [6, 6.07) is 6.44. The molecule has 1 amide bonds. The van der Waals surface area contributed by atoms with Gasteiger partial charge in [-0.2, -0.15) is 0 Å². The van der Waals surface area contributed by atoms with Gasteiger partial charge in [0, 0.05) is 25.9 Å². The van der Waals surface area contributed by atoms with E-state index in [1.54, 1.807) is 14.0 Å². The van der Waals surface area contributed by atoms with Crippen LogP contribution in [0.3, 0.4) is 0 Å². The van der Waals surface area contributed by atoms with Crippen LogP contribution in [-0.4, -0.2) is 31.0 Å². The fourth-order valence-corrected chi connectivity index (χ4v) is 2.41. The van der Waals surface area contributed by atoms with Crippen LogP contribution < -0.4 is 4.74 Å². The van der Waals surface area contributed by atoms with Gasteiger partial charge >= 0.3 is 0 Å². The Hall–Kier alpha value is -1.51. The number of rotatable bonds is 3. The summed E-state index contributed by atoms with van der Waals surface area (Å²) in [5.74, 6) is 2.05. The van der Waals surface area contributed by atoms with Gasteiger partial charge in [-0.15, -0.1) is 0 Å². The second-order valence-electron chi connectivity index (χ2n) is 5.28. The number of hydrogen-bond donors (Lipinski definition) is 0. The molecular formula is C15H21NO2. The summed E-state index contributed by atoms with van der Waals surface area (Å²) < 4.78 is 5.46. The van der Waals surface area contributed by atoms with Crippen molar-refractivity contribution in [3.8, 4) is 5.75 Å². The van der Waals surface area contributed by atoms with Crippen LogP contribution in [0.25, 0.3) is 0 Å². The van der Waals surface area contributed by atoms with Crippen molar-refractivity contribution >= 4 is 5.91 Å². The van der Waals surface area contributed by atoms with E-state index in [-0.39, 0.29) is 5.91 Å². The number of ether oxygens (including phenoxy) is 1. The number of methoxy groups -OCH3 is 1. The zero-order chi connectivity index (χ0) is 13.3. The molecule has 3 nitrogen and oxygen atoms in total. The first-order chi connectivity index (χ1) is 8.52. The van der Waals surface area contributed by atoms with Gasteiger partial charge < -0.3 is 9.64 Å². The maximum absolute atomic E-state index is 11.2. The average molecular weight is 247 g/mol. The standard InChI is InChI=1S/C15H21NO2/c1-10(2)14-6-5-12(7-15(14)18-4)13-8-16(9-13)11(3)17/h5-7,10,13H,8-9H2,1-4H3. The van der Waals surface area contributed by atoms with E-state index in [1.165, 1.54) is 11.1 Å². The monoisotopic (exact) mass is 247 g/mol. The number of carbonyl (C=O) groups is 1. The molecule has 1 aliphatic rings. The molecule has 0 radical (unpaired) electrons. The smallest absolute Gasteiger partial charge is 0.219 e. The lowest BCUT2D eigenvalue weighted by molar-refractivity contribution is -0.133. The van der Waals surface area contributed by atoms with Crippen LogP contribution in [0.1, 0.15) is 43.7 Å². The van der Waals surface area contributed by atoms with Crippen molar-refractivity contribution in [1.29, 1.82) is 0 Å². The van der Waals surface area contributed by atoms with Crippen molar-refractivity contribution in [2.75, 3.05) is 20.2 Å². The average Bonchev–Trinajstić information content (AvgIpc) is 2.25. The summed E-state index contributed by atoms with van der Waals surface area (Å²) in [7, 11) is 1.72. The van der Waals surface area contributed by atoms with E-state index in [4.69, 9.17) is 4.74 Å². The van der Waals surface area contributed by atoms with Crippen LogP contribution in [0.4, 0.5) is 0 Å². The molecule has 3 heteroatoms. The van der Waals surface area contributed by atoms with Crippen LogP contribution in [0.5, 0.6) is 5.75 Å². The van der Waals surface area contributed by atoms with Crippen LogP contribution in [0.15, 0.2) is 18.2 Å². The lowest BCUT2D eigenvalue weighted by Crippen LogP contribution is -2.47. The molecule has 0 N–H and O–H groups in total. The minimum atomic E-state index is 0.164. The summed E-state index contributed by atoms with van der Waals surface area (Å²) in [6.07, 6.45) is 0. The molecule has 0 unspecified atom stereocenters. The molecule has 18 heavy (non-hydrogen) atoms. The molecule has 0 saturated carbocycles. The quantitative estimate of drug-likeness (QED) is 0.822. The highest BCUT2D eigenvalue weighted by atomic mass is 16.5. The molecule has 1 fully saturated rings. The molecule has 0 aliphatic carbocycles. The van der Waals surface area contributed by atoms with E-state index in [1.807, 2.05) is 4.90 Å². The number of benzene rings is 1. The summed E-state index contributed by atoms with van der Waals surface area (Å²) in [5.41, 5.74) is 2.51. The Kier molecular flexibility index (Phi) is 3.60. The topological polar surface area (TPSA) is 29.5 Å². The van der Waals surface area contributed by atoms with E-state index >= 15 is 0 Å². The van der Waals surface area contributed by atoms with Crippen LogP contribution in [0, 0.1) is 0 Å². The predicted octanol–water partition coefficient (Wildman–Crippen LogP) is 2.76. The van der Waals surface area contributed by atoms with E-state index in [0.717, 1.165) is 18.8 Å². The third-order valence-electron chi connectivity index (χ3n) is 3.68. The minimum absolute atomic E-state index is 0.164. The lowest BCUT2D eigenvalue weighted by atomic mass is 9.89. The van der Waals surface area contributed by atoms with Gasteiger partial charge in [0.05, 0.1) is 7.11 Å². The van der Waals surface area contributed by atoms with E-state index in [2.05, 4.69) is 32.0 Å². The summed E-state index contributed by atoms with van der Waals surface area (Å²) >= 11 is 0. The SMILES string of the molecule is COc1cc(C2CN(C(C)=O)C2)ccc1C(C)C. The number of nitrogens with zero attached hydrogens (tertiary/aromatic N) is 1. The van der Waals surface area contributed by atoms with Crippen LogP contribution in [-0.2, 0) is 4.79 Å². The maximum Gasteiger partial charge on any atom is 0.219 e. The summed E-state index contributed by atoms with van der Waals surface area (Å²) in [5, 5.41) is 0. The highest BCUT2D eigenvalue weighted by Gasteiger charge is 2.30. The largest absolute Gasteiger partial charge is 0.496 e. The van der Waals surface area contributed by atoms with Crippen molar-refractivity contribution in [2.45, 2.75) is 32.6 Å². The van der Waals surface area contributed by atoms with Gasteiger partial charge in [-0.25, -0.2) is 0 Å². The Morgan fingerprint density at radius 3 is 2.56 bits per heavy atom. The first-order valence-electron chi connectivity index (χ1n) is 6.46. The fourth-order valence-electron chi connectivity index (χ4n) is 2.41. The van der Waals surface area contributed by atoms with Gasteiger partial charge in [-0.1, -0.05) is 26.0 Å². The molecule has 0 atom stereocenters. The van der Waals surface area contributed by atoms with Crippen LogP contribution >= 0.6 is 0 Å². The number of likely N-dealkylation sites (tertiary alicyclic amines) is 1. The van der Waals surface area contributed by atoms with Crippen LogP contribution in [0.2, 0.25) is 0 Å². The first-order valence-corrected chi connectivity index (χ1v) is 6.46. The zero-order valence-electron chi connectivity index (χ0n) is 11.6. The molecule has 98 valence electrons. The molecule has 1 aromatic carbocycles. The van der Waals surface area contributed by atoms with Crippen molar-refractivity contribution in [2.24, 2.45) is 0 Å². The predicted molar refractivity (Wildman–Crippen MR) is 72.1 cm³/mol. The lowest BCUT2D eigenvalue weighted by Gasteiger charge is -2.39. The van der Waals surface area contributed by atoms with Gasteiger partial charge in [0.25, 0.3) is 0 Å². The molecule has 1 heterocycles. The van der Waals surface area contributed by atoms with Gasteiger partial charge in [0.15, 0.2) is 0 Å². The van der Waals surface area contributed by atoms with Crippen molar-refractivity contribution in [3.05, 3.63) is 29.3 Å². The second-order valence-corrected chi connectivity index (χ2v) is 5.28. The van der Waals surface area contributed by atoms with Crippen molar-refractivity contribution in [1.82, 2.24) is 4.90 Å². The highest BCUT2D eigenvalue weighted by molar-refractivity contribution is 5.74. The van der Waals surface area contributed by atoms with Gasteiger partial charge in [-0.3, -0.25) is 4.79 Å². The number of hydrogen-bond acceptors (Lipinski definition) is 2. The summed E-state index contributed by atoms with van der Waals surface area (Å²) in [4.78, 5) is 13.0. The molecule has 0 spiro atoms. The molecule has 1 aromatic rings. The Balaban J connectivity index is 2.14. The molecule has 1 saturated heterocycles. The Bertz CT molecular complexity index is 448. The molecule has 2 rings (SSSR count).